The van der Waals surface area contributed by atoms with Crippen LogP contribution >= 0.6 is 0 Å². The molecule has 66 valence electrons. The van der Waals surface area contributed by atoms with Crippen molar-refractivity contribution in [2.24, 2.45) is 0 Å². The van der Waals surface area contributed by atoms with Crippen LogP contribution < -0.4 is 0 Å². The van der Waals surface area contributed by atoms with Gasteiger partial charge in [0.05, 0.1) is 19.3 Å². The molecule has 5 nitrogen and oxygen atoms in total. The smallest absolute Gasteiger partial charge is 0.191 e. The maximum atomic E-state index is 9.22. The monoisotopic (exact) mass is 164 g/mol. The van der Waals surface area contributed by atoms with Gasteiger partial charge in [-0.3, -0.25) is 0 Å². The van der Waals surface area contributed by atoms with Crippen molar-refractivity contribution >= 4 is 0 Å². The Morgan fingerprint density at radius 1 is 1.36 bits per heavy atom. The Labute approximate surface area is 63.8 Å². The molecule has 0 amide bonds. The molecular formula is C6H12O5. The lowest BCUT2D eigenvalue weighted by Crippen LogP contribution is -2.51. The second-order valence-electron chi connectivity index (χ2n) is 2.75. The molecule has 0 unspecified atom stereocenters. The molecule has 0 aromatic carbocycles. The topological polar surface area (TPSA) is 90.2 Å². The molecule has 1 heterocycles. The van der Waals surface area contributed by atoms with Crippen LogP contribution in [0.25, 0.3) is 0 Å². The zero-order chi connectivity index (χ0) is 8.48. The van der Waals surface area contributed by atoms with E-state index in [1.165, 1.54) is 0 Å². The van der Waals surface area contributed by atoms with Gasteiger partial charge in [0.2, 0.25) is 0 Å². The lowest BCUT2D eigenvalue weighted by molar-refractivity contribution is -0.282. The van der Waals surface area contributed by atoms with Crippen LogP contribution in [0, 0.1) is 0 Å². The van der Waals surface area contributed by atoms with Crippen LogP contribution in [0.2, 0.25) is 0 Å². The first-order valence-electron chi connectivity index (χ1n) is 3.41. The second-order valence-corrected chi connectivity index (χ2v) is 2.75. The first-order chi connectivity index (χ1) is 5.07. The van der Waals surface area contributed by atoms with Gasteiger partial charge in [-0.25, -0.2) is 0 Å². The van der Waals surface area contributed by atoms with E-state index in [4.69, 9.17) is 20.1 Å². The summed E-state index contributed by atoms with van der Waals surface area (Å²) in [7, 11) is 0. The Balaban J connectivity index is 2.51. The highest BCUT2D eigenvalue weighted by Crippen LogP contribution is 2.21. The lowest BCUT2D eigenvalue weighted by Gasteiger charge is -2.35. The third-order valence-electron chi connectivity index (χ3n) is 1.74. The standard InChI is InChI=1S/C6H12O5/c7-3-6(10)1-4(8)5(9)2-11-6/h4-5,7-10H,1-3H2/t4-,5+,6-/m0/s1. The van der Waals surface area contributed by atoms with E-state index < -0.39 is 24.6 Å². The van der Waals surface area contributed by atoms with Gasteiger partial charge < -0.3 is 25.2 Å². The van der Waals surface area contributed by atoms with Gasteiger partial charge in [-0.1, -0.05) is 0 Å². The fourth-order valence-corrected chi connectivity index (χ4v) is 0.984. The van der Waals surface area contributed by atoms with Gasteiger partial charge in [-0.2, -0.15) is 0 Å². The molecule has 1 rings (SSSR count). The van der Waals surface area contributed by atoms with Crippen molar-refractivity contribution in [3.8, 4) is 0 Å². The molecule has 0 spiro atoms. The molecule has 0 bridgehead atoms. The van der Waals surface area contributed by atoms with Gasteiger partial charge in [0.1, 0.15) is 6.10 Å². The molecule has 1 fully saturated rings. The van der Waals surface area contributed by atoms with E-state index in [1.807, 2.05) is 0 Å². The Morgan fingerprint density at radius 2 is 2.00 bits per heavy atom. The predicted molar refractivity (Wildman–Crippen MR) is 34.6 cm³/mol. The summed E-state index contributed by atoms with van der Waals surface area (Å²) in [5.41, 5.74) is 0. The van der Waals surface area contributed by atoms with Gasteiger partial charge in [-0.15, -0.1) is 0 Å². The highest BCUT2D eigenvalue weighted by Gasteiger charge is 2.38. The van der Waals surface area contributed by atoms with Crippen LogP contribution in [-0.2, 0) is 4.74 Å². The quantitative estimate of drug-likeness (QED) is 0.353. The molecule has 1 aliphatic heterocycles. The molecule has 5 heteroatoms. The molecule has 0 aromatic heterocycles. The average molecular weight is 164 g/mol. The third-order valence-corrected chi connectivity index (χ3v) is 1.74. The van der Waals surface area contributed by atoms with Crippen LogP contribution in [0.3, 0.4) is 0 Å². The first-order valence-corrected chi connectivity index (χ1v) is 3.41. The van der Waals surface area contributed by atoms with Gasteiger partial charge in [0.25, 0.3) is 0 Å². The molecular weight excluding hydrogens is 152 g/mol. The van der Waals surface area contributed by atoms with Crippen molar-refractivity contribution < 1.29 is 25.2 Å². The lowest BCUT2D eigenvalue weighted by atomic mass is 10.0. The van der Waals surface area contributed by atoms with E-state index in [1.54, 1.807) is 0 Å². The molecule has 0 aliphatic carbocycles. The van der Waals surface area contributed by atoms with Gasteiger partial charge >= 0.3 is 0 Å². The fourth-order valence-electron chi connectivity index (χ4n) is 0.984. The summed E-state index contributed by atoms with van der Waals surface area (Å²) >= 11 is 0. The van der Waals surface area contributed by atoms with Crippen molar-refractivity contribution in [3.63, 3.8) is 0 Å². The summed E-state index contributed by atoms with van der Waals surface area (Å²) in [6, 6.07) is 0. The van der Waals surface area contributed by atoms with Crippen LogP contribution in [0.1, 0.15) is 6.42 Å². The summed E-state index contributed by atoms with van der Waals surface area (Å²) in [6.45, 7) is -0.727. The van der Waals surface area contributed by atoms with E-state index in [0.29, 0.717) is 0 Å². The first kappa shape index (κ1) is 8.89. The number of hydrogen-bond donors (Lipinski definition) is 4. The van der Waals surface area contributed by atoms with E-state index in [0.717, 1.165) is 0 Å². The number of hydrogen-bond acceptors (Lipinski definition) is 5. The van der Waals surface area contributed by atoms with E-state index in [9.17, 15) is 5.11 Å². The zero-order valence-electron chi connectivity index (χ0n) is 5.97. The Morgan fingerprint density at radius 3 is 2.45 bits per heavy atom. The van der Waals surface area contributed by atoms with Crippen LogP contribution in [-0.4, -0.2) is 51.6 Å². The van der Waals surface area contributed by atoms with Gasteiger partial charge in [0, 0.05) is 6.42 Å². The Kier molecular flexibility index (Phi) is 2.46. The molecule has 0 saturated carbocycles. The third kappa shape index (κ3) is 1.88. The van der Waals surface area contributed by atoms with Crippen LogP contribution in [0.5, 0.6) is 0 Å². The van der Waals surface area contributed by atoms with Gasteiger partial charge in [0.15, 0.2) is 5.79 Å². The van der Waals surface area contributed by atoms with Gasteiger partial charge in [-0.05, 0) is 0 Å². The summed E-state index contributed by atoms with van der Waals surface area (Å²) < 4.78 is 4.69. The minimum absolute atomic E-state index is 0.155. The van der Waals surface area contributed by atoms with Crippen molar-refractivity contribution in [2.45, 2.75) is 24.4 Å². The molecule has 4 N–H and O–H groups in total. The van der Waals surface area contributed by atoms with Crippen LogP contribution in [0.15, 0.2) is 0 Å². The second kappa shape index (κ2) is 3.04. The summed E-state index contributed by atoms with van der Waals surface area (Å²) in [6.07, 6.45) is -2.16. The number of aliphatic hydroxyl groups is 4. The zero-order valence-corrected chi connectivity index (χ0v) is 5.97. The minimum atomic E-state index is -1.68. The molecule has 1 aliphatic rings. The Hall–Kier alpha value is -0.200. The number of aliphatic hydroxyl groups excluding tert-OH is 3. The average Bonchev–Trinajstić information content (AvgIpc) is 1.98. The Bertz CT molecular complexity index is 139. The van der Waals surface area contributed by atoms with Crippen molar-refractivity contribution in [1.29, 1.82) is 0 Å². The summed E-state index contributed by atoms with van der Waals surface area (Å²) in [5, 5.41) is 35.8. The van der Waals surface area contributed by atoms with Crippen molar-refractivity contribution in [2.75, 3.05) is 13.2 Å². The molecule has 0 radical (unpaired) electrons. The summed E-state index contributed by atoms with van der Waals surface area (Å²) in [5.74, 6) is -1.68. The molecule has 11 heavy (non-hydrogen) atoms. The van der Waals surface area contributed by atoms with E-state index >= 15 is 0 Å². The summed E-state index contributed by atoms with van der Waals surface area (Å²) in [4.78, 5) is 0. The minimum Gasteiger partial charge on any atom is -0.391 e. The van der Waals surface area contributed by atoms with E-state index in [2.05, 4.69) is 0 Å². The van der Waals surface area contributed by atoms with Crippen molar-refractivity contribution in [1.82, 2.24) is 0 Å². The highest BCUT2D eigenvalue weighted by atomic mass is 16.6. The van der Waals surface area contributed by atoms with Crippen LogP contribution in [0.4, 0.5) is 0 Å². The number of rotatable bonds is 1. The highest BCUT2D eigenvalue weighted by molar-refractivity contribution is 4.81. The maximum Gasteiger partial charge on any atom is 0.191 e. The molecule has 0 aromatic rings. The molecule has 1 saturated heterocycles. The predicted octanol–water partition coefficient (Wildman–Crippen LogP) is -2.19. The van der Waals surface area contributed by atoms with E-state index in [-0.39, 0.29) is 13.0 Å². The fraction of sp³-hybridized carbons (Fsp3) is 1.00. The maximum absolute atomic E-state index is 9.22. The van der Waals surface area contributed by atoms with Crippen molar-refractivity contribution in [3.05, 3.63) is 0 Å². The largest absolute Gasteiger partial charge is 0.391 e. The molecule has 3 atom stereocenters. The number of ether oxygens (including phenoxy) is 1. The SMILES string of the molecule is OC[C@]1(O)C[C@H](O)[C@H](O)CO1. The normalized spacial score (nSPS) is 45.8.